The monoisotopic (exact) mass is 254 g/mol. The number of aromatic nitrogens is 1. The van der Waals surface area contributed by atoms with Crippen molar-refractivity contribution < 1.29 is 5.21 Å². The number of hydrogen-bond acceptors (Lipinski definition) is 4. The second kappa shape index (κ2) is 4.61. The van der Waals surface area contributed by atoms with Gasteiger partial charge in [-0.05, 0) is 30.2 Å². The summed E-state index contributed by atoms with van der Waals surface area (Å²) in [5.74, 6) is 0.836. The van der Waals surface area contributed by atoms with Crippen molar-refractivity contribution >= 4 is 17.3 Å². The number of fused-ring (bicyclic) bond motifs is 1. The molecule has 0 amide bonds. The molecule has 0 bridgehead atoms. The fourth-order valence-corrected chi connectivity index (χ4v) is 2.34. The van der Waals surface area contributed by atoms with Crippen molar-refractivity contribution in [1.82, 2.24) is 4.98 Å². The minimum absolute atomic E-state index is 0.0225. The highest BCUT2D eigenvalue weighted by atomic mass is 16.4. The molecule has 0 aliphatic carbocycles. The fourth-order valence-electron chi connectivity index (χ4n) is 2.34. The van der Waals surface area contributed by atoms with E-state index in [9.17, 15) is 0 Å². The molecule has 5 heteroatoms. The molecule has 3 N–H and O–H groups in total. The molecule has 1 aromatic carbocycles. The number of pyridine rings is 1. The quantitative estimate of drug-likeness (QED) is 0.371. The van der Waals surface area contributed by atoms with E-state index in [1.54, 1.807) is 6.07 Å². The summed E-state index contributed by atoms with van der Waals surface area (Å²) in [6, 6.07) is 13.8. The van der Waals surface area contributed by atoms with Crippen LogP contribution in [0.4, 0.5) is 11.5 Å². The first-order chi connectivity index (χ1) is 9.29. The molecule has 0 spiro atoms. The smallest absolute Gasteiger partial charge is 0.188 e. The Bertz CT molecular complexity index is 639. The molecular weight excluding hydrogens is 240 g/mol. The van der Waals surface area contributed by atoms with Crippen LogP contribution in [0.2, 0.25) is 0 Å². The van der Waals surface area contributed by atoms with Crippen molar-refractivity contribution in [1.29, 1.82) is 0 Å². The van der Waals surface area contributed by atoms with E-state index in [1.165, 1.54) is 11.3 Å². The Morgan fingerprint density at radius 2 is 2.05 bits per heavy atom. The molecule has 0 saturated heterocycles. The second-order valence-corrected chi connectivity index (χ2v) is 4.40. The van der Waals surface area contributed by atoms with Crippen LogP contribution in [0.5, 0.6) is 0 Å². The first-order valence-corrected chi connectivity index (χ1v) is 6.10. The maximum absolute atomic E-state index is 8.71. The fraction of sp³-hybridized carbons (Fsp3) is 0.143. The van der Waals surface area contributed by atoms with Gasteiger partial charge < -0.3 is 15.8 Å². The van der Waals surface area contributed by atoms with Crippen LogP contribution in [0.3, 0.4) is 0 Å². The average Bonchev–Trinajstić information content (AvgIpc) is 2.90. The highest BCUT2D eigenvalue weighted by Gasteiger charge is 2.20. The van der Waals surface area contributed by atoms with Crippen LogP contribution in [0.1, 0.15) is 11.3 Å². The van der Waals surface area contributed by atoms with Gasteiger partial charge >= 0.3 is 0 Å². The molecule has 0 saturated carbocycles. The van der Waals surface area contributed by atoms with Gasteiger partial charge in [-0.3, -0.25) is 0 Å². The van der Waals surface area contributed by atoms with Crippen LogP contribution >= 0.6 is 0 Å². The molecule has 1 aliphatic heterocycles. The van der Waals surface area contributed by atoms with Crippen LogP contribution in [0.25, 0.3) is 0 Å². The number of anilines is 2. The zero-order valence-corrected chi connectivity index (χ0v) is 10.3. The molecule has 2 aromatic rings. The SMILES string of the molecule is NC(=NO)c1cccc(N2CCc3ccccc32)n1. The normalized spacial score (nSPS) is 14.5. The summed E-state index contributed by atoms with van der Waals surface area (Å²) < 4.78 is 0. The van der Waals surface area contributed by atoms with E-state index in [0.29, 0.717) is 5.69 Å². The van der Waals surface area contributed by atoms with Gasteiger partial charge in [-0.25, -0.2) is 4.98 Å². The zero-order chi connectivity index (χ0) is 13.2. The predicted octanol–water partition coefficient (Wildman–Crippen LogP) is 1.87. The van der Waals surface area contributed by atoms with Crippen LogP contribution in [0, 0.1) is 0 Å². The van der Waals surface area contributed by atoms with Crippen LogP contribution in [0.15, 0.2) is 47.6 Å². The van der Waals surface area contributed by atoms with E-state index in [4.69, 9.17) is 10.9 Å². The summed E-state index contributed by atoms with van der Waals surface area (Å²) in [5.41, 5.74) is 8.54. The van der Waals surface area contributed by atoms with Gasteiger partial charge in [-0.2, -0.15) is 0 Å². The summed E-state index contributed by atoms with van der Waals surface area (Å²) in [7, 11) is 0. The van der Waals surface area contributed by atoms with E-state index in [-0.39, 0.29) is 5.84 Å². The number of benzene rings is 1. The lowest BCUT2D eigenvalue weighted by Crippen LogP contribution is -2.19. The lowest BCUT2D eigenvalue weighted by Gasteiger charge is -2.18. The molecule has 3 rings (SSSR count). The van der Waals surface area contributed by atoms with E-state index in [0.717, 1.165) is 18.8 Å². The van der Waals surface area contributed by atoms with Gasteiger partial charge in [0.05, 0.1) is 0 Å². The molecule has 1 aromatic heterocycles. The molecule has 96 valence electrons. The lowest BCUT2D eigenvalue weighted by atomic mass is 10.2. The standard InChI is InChI=1S/C14H14N4O/c15-14(17-19)11-5-3-7-13(16-11)18-9-8-10-4-1-2-6-12(10)18/h1-7,19H,8-9H2,(H2,15,17). The molecule has 0 fully saturated rings. The number of nitrogens with two attached hydrogens (primary N) is 1. The molecule has 19 heavy (non-hydrogen) atoms. The first kappa shape index (κ1) is 11.5. The Morgan fingerprint density at radius 3 is 2.89 bits per heavy atom. The summed E-state index contributed by atoms with van der Waals surface area (Å²) in [6.45, 7) is 0.895. The number of rotatable bonds is 2. The molecule has 1 aliphatic rings. The van der Waals surface area contributed by atoms with Crippen LogP contribution in [-0.4, -0.2) is 22.6 Å². The van der Waals surface area contributed by atoms with Crippen molar-refractivity contribution in [3.63, 3.8) is 0 Å². The molecule has 0 atom stereocenters. The average molecular weight is 254 g/mol. The van der Waals surface area contributed by atoms with Gasteiger partial charge in [0.15, 0.2) is 5.84 Å². The second-order valence-electron chi connectivity index (χ2n) is 4.40. The summed E-state index contributed by atoms with van der Waals surface area (Å²) >= 11 is 0. The third kappa shape index (κ3) is 1.99. The summed E-state index contributed by atoms with van der Waals surface area (Å²) in [4.78, 5) is 6.58. The van der Waals surface area contributed by atoms with Crippen LogP contribution < -0.4 is 10.6 Å². The maximum atomic E-state index is 8.71. The topological polar surface area (TPSA) is 74.7 Å². The van der Waals surface area contributed by atoms with Gasteiger partial charge in [-0.15, -0.1) is 0 Å². The summed E-state index contributed by atoms with van der Waals surface area (Å²) in [5, 5.41) is 11.7. The number of para-hydroxylation sites is 1. The van der Waals surface area contributed by atoms with Crippen molar-refractivity contribution in [3.8, 4) is 0 Å². The Balaban J connectivity index is 2.00. The van der Waals surface area contributed by atoms with Gasteiger partial charge in [0.2, 0.25) is 0 Å². The Kier molecular flexibility index (Phi) is 2.79. The first-order valence-electron chi connectivity index (χ1n) is 6.10. The summed E-state index contributed by atoms with van der Waals surface area (Å²) in [6.07, 6.45) is 1.01. The van der Waals surface area contributed by atoms with Crippen molar-refractivity contribution in [2.24, 2.45) is 10.9 Å². The number of nitrogens with zero attached hydrogens (tertiary/aromatic N) is 3. The van der Waals surface area contributed by atoms with Gasteiger partial charge in [0, 0.05) is 12.2 Å². The van der Waals surface area contributed by atoms with E-state index in [2.05, 4.69) is 27.2 Å². The number of oxime groups is 1. The van der Waals surface area contributed by atoms with Crippen molar-refractivity contribution in [3.05, 3.63) is 53.7 Å². The molecule has 0 radical (unpaired) electrons. The van der Waals surface area contributed by atoms with Gasteiger partial charge in [0.1, 0.15) is 11.5 Å². The van der Waals surface area contributed by atoms with E-state index >= 15 is 0 Å². The maximum Gasteiger partial charge on any atom is 0.188 e. The third-order valence-corrected chi connectivity index (χ3v) is 3.27. The number of amidine groups is 1. The molecular formula is C14H14N4O. The Hall–Kier alpha value is -2.56. The highest BCUT2D eigenvalue weighted by Crippen LogP contribution is 2.32. The largest absolute Gasteiger partial charge is 0.409 e. The van der Waals surface area contributed by atoms with Crippen LogP contribution in [-0.2, 0) is 6.42 Å². The van der Waals surface area contributed by atoms with Crippen molar-refractivity contribution in [2.75, 3.05) is 11.4 Å². The predicted molar refractivity (Wildman–Crippen MR) is 73.9 cm³/mol. The highest BCUT2D eigenvalue weighted by molar-refractivity contribution is 5.95. The van der Waals surface area contributed by atoms with Gasteiger partial charge in [-0.1, -0.05) is 29.4 Å². The molecule has 2 heterocycles. The Morgan fingerprint density at radius 1 is 1.21 bits per heavy atom. The zero-order valence-electron chi connectivity index (χ0n) is 10.3. The lowest BCUT2D eigenvalue weighted by molar-refractivity contribution is 0.318. The van der Waals surface area contributed by atoms with Gasteiger partial charge in [0.25, 0.3) is 0 Å². The minimum atomic E-state index is 0.0225. The van der Waals surface area contributed by atoms with E-state index in [1.807, 2.05) is 24.3 Å². The molecule has 5 nitrogen and oxygen atoms in total. The minimum Gasteiger partial charge on any atom is -0.409 e. The van der Waals surface area contributed by atoms with Crippen molar-refractivity contribution in [2.45, 2.75) is 6.42 Å². The number of hydrogen-bond donors (Lipinski definition) is 2. The third-order valence-electron chi connectivity index (χ3n) is 3.27. The molecule has 0 unspecified atom stereocenters. The Labute approximate surface area is 111 Å². The van der Waals surface area contributed by atoms with E-state index < -0.39 is 0 Å².